The largest absolute Gasteiger partial charge is 0.469 e. The predicted octanol–water partition coefficient (Wildman–Crippen LogP) is 0.501. The van der Waals surface area contributed by atoms with Gasteiger partial charge in [0.2, 0.25) is 0 Å². The van der Waals surface area contributed by atoms with Gasteiger partial charge < -0.3 is 9.47 Å². The molecule has 0 aromatic heterocycles. The van der Waals surface area contributed by atoms with E-state index in [2.05, 4.69) is 9.47 Å². The highest BCUT2D eigenvalue weighted by Gasteiger charge is 2.10. The monoisotopic (exact) mass is 160 g/mol. The zero-order valence-corrected chi connectivity index (χ0v) is 6.92. The standard InChI is InChI=1S/C7H12O4/c1-5(11-6(2)8)4-7(9)10-3/h5H,4H2,1-3H3/t5-/m0/s1. The first-order valence-corrected chi connectivity index (χ1v) is 3.30. The van der Waals surface area contributed by atoms with Crippen molar-refractivity contribution >= 4 is 11.9 Å². The van der Waals surface area contributed by atoms with E-state index >= 15 is 0 Å². The topological polar surface area (TPSA) is 52.6 Å². The lowest BCUT2D eigenvalue weighted by Crippen LogP contribution is -2.17. The summed E-state index contributed by atoms with van der Waals surface area (Å²) in [4.78, 5) is 20.9. The molecule has 0 spiro atoms. The Labute approximate surface area is 65.5 Å². The fourth-order valence-corrected chi connectivity index (χ4v) is 0.643. The van der Waals surface area contributed by atoms with Gasteiger partial charge in [0.25, 0.3) is 0 Å². The Morgan fingerprint density at radius 2 is 2.00 bits per heavy atom. The maximum absolute atomic E-state index is 10.6. The molecular formula is C7H12O4. The molecule has 1 atom stereocenters. The summed E-state index contributed by atoms with van der Waals surface area (Å²) in [5.74, 6) is -0.764. The number of hydrogen-bond donors (Lipinski definition) is 0. The molecule has 0 aromatic carbocycles. The van der Waals surface area contributed by atoms with E-state index in [1.807, 2.05) is 0 Å². The van der Waals surface area contributed by atoms with Crippen LogP contribution in [0.2, 0.25) is 0 Å². The number of carbonyl (C=O) groups excluding carboxylic acids is 2. The average molecular weight is 160 g/mol. The van der Waals surface area contributed by atoms with Gasteiger partial charge in [0, 0.05) is 6.92 Å². The van der Waals surface area contributed by atoms with Crippen LogP contribution in [0.5, 0.6) is 0 Å². The number of carbonyl (C=O) groups is 2. The molecule has 0 unspecified atom stereocenters. The normalized spacial score (nSPS) is 11.9. The zero-order chi connectivity index (χ0) is 8.85. The summed E-state index contributed by atoms with van der Waals surface area (Å²) in [6.45, 7) is 2.94. The van der Waals surface area contributed by atoms with Crippen molar-refractivity contribution in [3.63, 3.8) is 0 Å². The molecule has 0 aliphatic heterocycles. The first-order valence-electron chi connectivity index (χ1n) is 3.30. The maximum Gasteiger partial charge on any atom is 0.309 e. The van der Waals surface area contributed by atoms with E-state index in [9.17, 15) is 9.59 Å². The van der Waals surface area contributed by atoms with Crippen LogP contribution in [0.25, 0.3) is 0 Å². The average Bonchev–Trinajstić information content (AvgIpc) is 1.85. The predicted molar refractivity (Wildman–Crippen MR) is 37.9 cm³/mol. The van der Waals surface area contributed by atoms with Crippen LogP contribution in [0, 0.1) is 0 Å². The minimum absolute atomic E-state index is 0.107. The molecular weight excluding hydrogens is 148 g/mol. The van der Waals surface area contributed by atoms with Crippen molar-refractivity contribution in [2.24, 2.45) is 0 Å². The molecule has 0 radical (unpaired) electrons. The number of esters is 2. The second-order valence-electron chi connectivity index (χ2n) is 2.20. The van der Waals surface area contributed by atoms with Crippen LogP contribution in [-0.2, 0) is 19.1 Å². The van der Waals surface area contributed by atoms with Gasteiger partial charge in [-0.3, -0.25) is 9.59 Å². The van der Waals surface area contributed by atoms with Crippen molar-refractivity contribution < 1.29 is 19.1 Å². The molecule has 0 aliphatic carbocycles. The quantitative estimate of drug-likeness (QED) is 0.564. The molecule has 0 rings (SSSR count). The Hall–Kier alpha value is -1.06. The fourth-order valence-electron chi connectivity index (χ4n) is 0.643. The molecule has 4 heteroatoms. The van der Waals surface area contributed by atoms with Gasteiger partial charge in [0.1, 0.15) is 6.10 Å². The van der Waals surface area contributed by atoms with Crippen molar-refractivity contribution in [1.29, 1.82) is 0 Å². The van der Waals surface area contributed by atoms with Crippen LogP contribution in [0.1, 0.15) is 20.3 Å². The molecule has 0 aromatic rings. The van der Waals surface area contributed by atoms with Crippen molar-refractivity contribution in [1.82, 2.24) is 0 Å². The fraction of sp³-hybridized carbons (Fsp3) is 0.714. The van der Waals surface area contributed by atoms with Crippen LogP contribution in [0.15, 0.2) is 0 Å². The van der Waals surface area contributed by atoms with Gasteiger partial charge in [0.05, 0.1) is 13.5 Å². The van der Waals surface area contributed by atoms with E-state index in [1.54, 1.807) is 6.92 Å². The van der Waals surface area contributed by atoms with E-state index in [-0.39, 0.29) is 18.4 Å². The van der Waals surface area contributed by atoms with Gasteiger partial charge in [-0.1, -0.05) is 0 Å². The third-order valence-electron chi connectivity index (χ3n) is 1.05. The SMILES string of the molecule is COC(=O)C[C@H](C)OC(C)=O. The second kappa shape index (κ2) is 4.71. The Morgan fingerprint density at radius 3 is 2.36 bits per heavy atom. The van der Waals surface area contributed by atoms with Gasteiger partial charge in [-0.25, -0.2) is 0 Å². The first kappa shape index (κ1) is 9.94. The molecule has 0 aliphatic rings. The summed E-state index contributed by atoms with van der Waals surface area (Å²) in [5.41, 5.74) is 0. The van der Waals surface area contributed by atoms with E-state index in [1.165, 1.54) is 14.0 Å². The molecule has 0 bridgehead atoms. The molecule has 0 amide bonds. The molecule has 0 saturated carbocycles. The summed E-state index contributed by atoms with van der Waals surface area (Å²) in [6.07, 6.45) is -0.296. The Bertz CT molecular complexity index is 153. The zero-order valence-electron chi connectivity index (χ0n) is 6.92. The highest BCUT2D eigenvalue weighted by molar-refractivity contribution is 5.71. The third kappa shape index (κ3) is 5.39. The van der Waals surface area contributed by atoms with E-state index in [4.69, 9.17) is 0 Å². The molecule has 4 nitrogen and oxygen atoms in total. The van der Waals surface area contributed by atoms with Crippen LogP contribution < -0.4 is 0 Å². The summed E-state index contributed by atoms with van der Waals surface area (Å²) >= 11 is 0. The van der Waals surface area contributed by atoms with Crippen molar-refractivity contribution in [3.05, 3.63) is 0 Å². The molecule has 0 fully saturated rings. The smallest absolute Gasteiger partial charge is 0.309 e. The second-order valence-corrected chi connectivity index (χ2v) is 2.20. The summed E-state index contributed by atoms with van der Waals surface area (Å²) < 4.78 is 9.06. The Morgan fingerprint density at radius 1 is 1.45 bits per heavy atom. The van der Waals surface area contributed by atoms with E-state index in [0.29, 0.717) is 0 Å². The van der Waals surface area contributed by atoms with Gasteiger partial charge in [-0.2, -0.15) is 0 Å². The number of rotatable bonds is 3. The van der Waals surface area contributed by atoms with Crippen molar-refractivity contribution in [3.8, 4) is 0 Å². The highest BCUT2D eigenvalue weighted by atomic mass is 16.6. The Balaban J connectivity index is 3.60. The lowest BCUT2D eigenvalue weighted by Gasteiger charge is -2.09. The van der Waals surface area contributed by atoms with E-state index in [0.717, 1.165) is 0 Å². The summed E-state index contributed by atoms with van der Waals surface area (Å²) in [5, 5.41) is 0. The van der Waals surface area contributed by atoms with Gasteiger partial charge >= 0.3 is 11.9 Å². The highest BCUT2D eigenvalue weighted by Crippen LogP contribution is 1.98. The van der Waals surface area contributed by atoms with Gasteiger partial charge in [-0.15, -0.1) is 0 Å². The number of methoxy groups -OCH3 is 1. The van der Waals surface area contributed by atoms with Crippen LogP contribution in [0.4, 0.5) is 0 Å². The molecule has 11 heavy (non-hydrogen) atoms. The van der Waals surface area contributed by atoms with Crippen LogP contribution in [-0.4, -0.2) is 25.2 Å². The van der Waals surface area contributed by atoms with Crippen LogP contribution >= 0.6 is 0 Å². The Kier molecular flexibility index (Phi) is 4.26. The lowest BCUT2D eigenvalue weighted by atomic mass is 10.3. The van der Waals surface area contributed by atoms with Crippen LogP contribution in [0.3, 0.4) is 0 Å². The third-order valence-corrected chi connectivity index (χ3v) is 1.05. The summed E-state index contributed by atoms with van der Waals surface area (Å²) in [7, 11) is 1.29. The minimum atomic E-state index is -0.403. The molecule has 0 heterocycles. The number of hydrogen-bond acceptors (Lipinski definition) is 4. The van der Waals surface area contributed by atoms with E-state index < -0.39 is 6.10 Å². The van der Waals surface area contributed by atoms with Crippen molar-refractivity contribution in [2.45, 2.75) is 26.4 Å². The van der Waals surface area contributed by atoms with Gasteiger partial charge in [-0.05, 0) is 6.92 Å². The van der Waals surface area contributed by atoms with Crippen molar-refractivity contribution in [2.75, 3.05) is 7.11 Å². The summed E-state index contributed by atoms with van der Waals surface area (Å²) in [6, 6.07) is 0. The lowest BCUT2D eigenvalue weighted by molar-refractivity contribution is -0.151. The maximum atomic E-state index is 10.6. The van der Waals surface area contributed by atoms with Gasteiger partial charge in [0.15, 0.2) is 0 Å². The first-order chi connectivity index (χ1) is 5.06. The molecule has 0 saturated heterocycles. The minimum Gasteiger partial charge on any atom is -0.469 e. The molecule has 64 valence electrons. The number of ether oxygens (including phenoxy) is 2. The molecule has 0 N–H and O–H groups in total.